The van der Waals surface area contributed by atoms with Crippen LogP contribution < -0.4 is 0 Å². The maximum absolute atomic E-state index is 10.3. The average molecular weight is 198 g/mol. The Morgan fingerprint density at radius 3 is 2.77 bits per heavy atom. The lowest BCUT2D eigenvalue weighted by Crippen LogP contribution is -2.14. The van der Waals surface area contributed by atoms with E-state index in [1.165, 1.54) is 0 Å². The number of aryl methyl sites for hydroxylation is 1. The SMILES string of the molecule is Cc1cccc(SC(O)C(=O)O)c1. The highest BCUT2D eigenvalue weighted by Gasteiger charge is 2.13. The number of rotatable bonds is 3. The van der Waals surface area contributed by atoms with Crippen LogP contribution in [0.25, 0.3) is 0 Å². The van der Waals surface area contributed by atoms with Crippen molar-refractivity contribution in [1.29, 1.82) is 0 Å². The number of hydrogen-bond acceptors (Lipinski definition) is 3. The van der Waals surface area contributed by atoms with Crippen molar-refractivity contribution in [3.63, 3.8) is 0 Å². The van der Waals surface area contributed by atoms with Crippen LogP contribution in [0.5, 0.6) is 0 Å². The second kappa shape index (κ2) is 4.30. The molecule has 0 bridgehead atoms. The summed E-state index contributed by atoms with van der Waals surface area (Å²) in [6.07, 6.45) is 0. The van der Waals surface area contributed by atoms with Crippen molar-refractivity contribution in [2.75, 3.05) is 0 Å². The van der Waals surface area contributed by atoms with Gasteiger partial charge >= 0.3 is 5.97 Å². The summed E-state index contributed by atoms with van der Waals surface area (Å²) < 4.78 is 0. The van der Waals surface area contributed by atoms with Crippen molar-refractivity contribution in [2.45, 2.75) is 17.3 Å². The first-order valence-electron chi connectivity index (χ1n) is 3.74. The third-order valence-electron chi connectivity index (χ3n) is 1.45. The molecule has 0 amide bonds. The highest BCUT2D eigenvalue weighted by molar-refractivity contribution is 8.00. The molecule has 3 nitrogen and oxygen atoms in total. The molecule has 70 valence electrons. The van der Waals surface area contributed by atoms with Gasteiger partial charge in [-0.05, 0) is 19.1 Å². The number of thioether (sulfide) groups is 1. The van der Waals surface area contributed by atoms with Gasteiger partial charge in [0.1, 0.15) is 0 Å². The van der Waals surface area contributed by atoms with Crippen molar-refractivity contribution in [2.24, 2.45) is 0 Å². The fraction of sp³-hybridized carbons (Fsp3) is 0.222. The minimum Gasteiger partial charge on any atom is -0.479 e. The van der Waals surface area contributed by atoms with Crippen LogP contribution in [0.1, 0.15) is 5.56 Å². The quantitative estimate of drug-likeness (QED) is 0.570. The molecule has 0 heterocycles. The van der Waals surface area contributed by atoms with E-state index in [1.807, 2.05) is 25.1 Å². The van der Waals surface area contributed by atoms with E-state index in [4.69, 9.17) is 10.2 Å². The van der Waals surface area contributed by atoms with Crippen molar-refractivity contribution in [1.82, 2.24) is 0 Å². The fourth-order valence-electron chi connectivity index (χ4n) is 0.868. The Morgan fingerprint density at radius 2 is 2.23 bits per heavy atom. The summed E-state index contributed by atoms with van der Waals surface area (Å²) in [5, 5.41) is 17.5. The van der Waals surface area contributed by atoms with Gasteiger partial charge in [0.25, 0.3) is 0 Å². The van der Waals surface area contributed by atoms with Gasteiger partial charge < -0.3 is 10.2 Å². The Labute approximate surface area is 80.4 Å². The number of carboxylic acids is 1. The summed E-state index contributed by atoms with van der Waals surface area (Å²) in [7, 11) is 0. The van der Waals surface area contributed by atoms with Crippen LogP contribution in [0.4, 0.5) is 0 Å². The Morgan fingerprint density at radius 1 is 1.54 bits per heavy atom. The second-order valence-corrected chi connectivity index (χ2v) is 3.78. The monoisotopic (exact) mass is 198 g/mol. The molecule has 0 saturated heterocycles. The molecule has 0 aliphatic carbocycles. The predicted molar refractivity (Wildman–Crippen MR) is 50.7 cm³/mol. The average Bonchev–Trinajstić information content (AvgIpc) is 2.04. The van der Waals surface area contributed by atoms with E-state index in [0.717, 1.165) is 22.2 Å². The first-order chi connectivity index (χ1) is 6.09. The van der Waals surface area contributed by atoms with Gasteiger partial charge in [-0.15, -0.1) is 0 Å². The lowest BCUT2D eigenvalue weighted by atomic mass is 10.2. The van der Waals surface area contributed by atoms with Crippen LogP contribution in [0.2, 0.25) is 0 Å². The molecular formula is C9H10O3S. The van der Waals surface area contributed by atoms with Crippen molar-refractivity contribution in [3.05, 3.63) is 29.8 Å². The van der Waals surface area contributed by atoms with Gasteiger partial charge in [-0.2, -0.15) is 0 Å². The Kier molecular flexibility index (Phi) is 3.33. The molecular weight excluding hydrogens is 188 g/mol. The number of carboxylic acid groups (broad SMARTS) is 1. The van der Waals surface area contributed by atoms with E-state index >= 15 is 0 Å². The summed E-state index contributed by atoms with van der Waals surface area (Å²) in [4.78, 5) is 11.1. The third kappa shape index (κ3) is 3.08. The van der Waals surface area contributed by atoms with Crippen LogP contribution in [0, 0.1) is 6.92 Å². The Balaban J connectivity index is 2.69. The first-order valence-corrected chi connectivity index (χ1v) is 4.62. The standard InChI is InChI=1S/C9H10O3S/c1-6-3-2-4-7(5-6)13-9(12)8(10)11/h2-5,9,12H,1H3,(H,10,11). The van der Waals surface area contributed by atoms with Crippen LogP contribution in [0.3, 0.4) is 0 Å². The summed E-state index contributed by atoms with van der Waals surface area (Å²) in [6, 6.07) is 7.34. The number of carbonyl (C=O) groups is 1. The topological polar surface area (TPSA) is 57.5 Å². The van der Waals surface area contributed by atoms with Crippen LogP contribution in [-0.2, 0) is 4.79 Å². The van der Waals surface area contributed by atoms with Crippen LogP contribution >= 0.6 is 11.8 Å². The van der Waals surface area contributed by atoms with E-state index in [9.17, 15) is 4.79 Å². The number of aliphatic hydroxyl groups excluding tert-OH is 1. The normalized spacial score (nSPS) is 12.5. The van der Waals surface area contributed by atoms with Gasteiger partial charge in [-0.3, -0.25) is 0 Å². The van der Waals surface area contributed by atoms with E-state index in [-0.39, 0.29) is 0 Å². The molecule has 13 heavy (non-hydrogen) atoms. The smallest absolute Gasteiger partial charge is 0.343 e. The van der Waals surface area contributed by atoms with Crippen molar-refractivity contribution < 1.29 is 15.0 Å². The van der Waals surface area contributed by atoms with Gasteiger partial charge in [-0.1, -0.05) is 29.5 Å². The molecule has 0 aromatic heterocycles. The molecule has 1 aromatic carbocycles. The Hall–Kier alpha value is -1.00. The van der Waals surface area contributed by atoms with Gasteiger partial charge in [-0.25, -0.2) is 4.79 Å². The molecule has 1 rings (SSSR count). The number of aliphatic carboxylic acids is 1. The van der Waals surface area contributed by atoms with E-state index in [1.54, 1.807) is 6.07 Å². The van der Waals surface area contributed by atoms with E-state index < -0.39 is 11.4 Å². The molecule has 1 atom stereocenters. The molecule has 0 aliphatic rings. The van der Waals surface area contributed by atoms with E-state index in [2.05, 4.69) is 0 Å². The first kappa shape index (κ1) is 10.1. The summed E-state index contributed by atoms with van der Waals surface area (Å²) in [5.74, 6) is -1.22. The zero-order valence-electron chi connectivity index (χ0n) is 7.10. The zero-order valence-corrected chi connectivity index (χ0v) is 7.91. The van der Waals surface area contributed by atoms with E-state index in [0.29, 0.717) is 0 Å². The predicted octanol–water partition coefficient (Wildman–Crippen LogP) is 1.49. The molecule has 0 fully saturated rings. The lowest BCUT2D eigenvalue weighted by Gasteiger charge is -2.04. The van der Waals surface area contributed by atoms with Gasteiger partial charge in [0.05, 0.1) is 0 Å². The summed E-state index contributed by atoms with van der Waals surface area (Å²) in [6.45, 7) is 1.91. The van der Waals surface area contributed by atoms with Crippen molar-refractivity contribution >= 4 is 17.7 Å². The summed E-state index contributed by atoms with van der Waals surface area (Å²) >= 11 is 0.922. The van der Waals surface area contributed by atoms with Gasteiger partial charge in [0.15, 0.2) is 0 Å². The minimum absolute atomic E-state index is 0.759. The molecule has 4 heteroatoms. The molecule has 2 N–H and O–H groups in total. The fourth-order valence-corrected chi connectivity index (χ4v) is 1.64. The Bertz CT molecular complexity index is 311. The molecule has 1 aromatic rings. The number of benzene rings is 1. The molecule has 0 aliphatic heterocycles. The molecule has 1 unspecified atom stereocenters. The lowest BCUT2D eigenvalue weighted by molar-refractivity contribution is -0.141. The van der Waals surface area contributed by atoms with Crippen molar-refractivity contribution in [3.8, 4) is 0 Å². The third-order valence-corrected chi connectivity index (χ3v) is 2.40. The maximum atomic E-state index is 10.3. The molecule has 0 saturated carbocycles. The zero-order chi connectivity index (χ0) is 9.84. The number of aliphatic hydroxyl groups is 1. The second-order valence-electron chi connectivity index (χ2n) is 2.62. The summed E-state index contributed by atoms with van der Waals surface area (Å²) in [5.41, 5.74) is -0.343. The van der Waals surface area contributed by atoms with Crippen LogP contribution in [-0.4, -0.2) is 21.6 Å². The minimum atomic E-state index is -1.39. The highest BCUT2D eigenvalue weighted by Crippen LogP contribution is 2.22. The largest absolute Gasteiger partial charge is 0.479 e. The highest BCUT2D eigenvalue weighted by atomic mass is 32.2. The maximum Gasteiger partial charge on any atom is 0.343 e. The van der Waals surface area contributed by atoms with Gasteiger partial charge in [0, 0.05) is 4.90 Å². The molecule has 0 spiro atoms. The number of hydrogen-bond donors (Lipinski definition) is 2. The molecule has 0 radical (unpaired) electrons. The van der Waals surface area contributed by atoms with Crippen LogP contribution in [0.15, 0.2) is 29.2 Å². The van der Waals surface area contributed by atoms with Gasteiger partial charge in [0.2, 0.25) is 5.44 Å².